The number of hydrogen-bond acceptors (Lipinski definition) is 7. The maximum Gasteiger partial charge on any atom is 0.306 e. The molecule has 0 aromatic heterocycles. The van der Waals surface area contributed by atoms with E-state index < -0.39 is 26.6 Å². The van der Waals surface area contributed by atoms with Crippen molar-refractivity contribution in [1.82, 2.24) is 5.32 Å². The van der Waals surface area contributed by atoms with Gasteiger partial charge in [0, 0.05) is 12.8 Å². The van der Waals surface area contributed by atoms with Crippen LogP contribution in [0.5, 0.6) is 0 Å². The van der Waals surface area contributed by atoms with Gasteiger partial charge in [-0.05, 0) is 102 Å². The number of nitrogens with one attached hydrogen (secondary N) is 1. The van der Waals surface area contributed by atoms with Gasteiger partial charge in [0.1, 0.15) is 19.3 Å². The fourth-order valence-electron chi connectivity index (χ4n) is 9.03. The van der Waals surface area contributed by atoms with Crippen LogP contribution in [0.1, 0.15) is 284 Å². The molecule has 0 fully saturated rings. The van der Waals surface area contributed by atoms with Gasteiger partial charge in [-0.2, -0.15) is 0 Å². The number of amides is 1. The highest BCUT2D eigenvalue weighted by atomic mass is 31.2. The van der Waals surface area contributed by atoms with Crippen LogP contribution in [0.15, 0.2) is 85.1 Å². The lowest BCUT2D eigenvalue weighted by Gasteiger charge is -2.30. The first-order valence-electron chi connectivity index (χ1n) is 32.4. The molecule has 3 unspecified atom stereocenters. The van der Waals surface area contributed by atoms with Crippen molar-refractivity contribution in [1.29, 1.82) is 0 Å². The van der Waals surface area contributed by atoms with E-state index in [1.54, 1.807) is 0 Å². The Bertz CT molecular complexity index is 1610. The Labute approximate surface area is 482 Å². The Hall–Kier alpha value is -2.81. The summed E-state index contributed by atoms with van der Waals surface area (Å²) in [6.07, 6.45) is 75.5. The number of hydrogen-bond donors (Lipinski definition) is 1. The topological polar surface area (TPSA) is 114 Å². The lowest BCUT2D eigenvalue weighted by molar-refractivity contribution is -0.870. The number of unbranched alkanes of at least 4 members (excludes halogenated alkanes) is 31. The molecule has 10 heteroatoms. The summed E-state index contributed by atoms with van der Waals surface area (Å²) in [6.45, 7) is 6.79. The molecule has 0 aliphatic heterocycles. The number of esters is 1. The van der Waals surface area contributed by atoms with Gasteiger partial charge in [0.2, 0.25) is 5.91 Å². The molecule has 0 bridgehead atoms. The maximum absolute atomic E-state index is 13.5. The number of likely N-dealkylation sites (N-methyl/N-ethyl adjacent to an activating group) is 1. The molecule has 0 rings (SSSR count). The van der Waals surface area contributed by atoms with Crippen LogP contribution in [0, 0.1) is 0 Å². The summed E-state index contributed by atoms with van der Waals surface area (Å²) >= 11 is 0. The highest BCUT2D eigenvalue weighted by Gasteiger charge is 2.27. The molecule has 0 aromatic rings. The summed E-state index contributed by atoms with van der Waals surface area (Å²) in [5.74, 6) is -0.582. The number of carbonyl (C=O) groups excluding carboxylic acids is 2. The third kappa shape index (κ3) is 57.9. The van der Waals surface area contributed by atoms with Crippen LogP contribution in [-0.2, 0) is 27.9 Å². The van der Waals surface area contributed by atoms with Crippen LogP contribution in [0.4, 0.5) is 0 Å². The molecule has 1 amide bonds. The van der Waals surface area contributed by atoms with Gasteiger partial charge in [0.15, 0.2) is 0 Å². The summed E-state index contributed by atoms with van der Waals surface area (Å²) < 4.78 is 30.3. The van der Waals surface area contributed by atoms with Crippen molar-refractivity contribution in [3.63, 3.8) is 0 Å². The minimum atomic E-state index is -4.71. The molecule has 0 spiro atoms. The number of nitrogens with zero attached hydrogens (tertiary/aromatic N) is 1. The van der Waals surface area contributed by atoms with Crippen LogP contribution in [-0.4, -0.2) is 69.4 Å². The molecule has 0 aliphatic rings. The fourth-order valence-corrected chi connectivity index (χ4v) is 9.75. The van der Waals surface area contributed by atoms with Crippen molar-refractivity contribution in [2.24, 2.45) is 0 Å². The van der Waals surface area contributed by atoms with Crippen LogP contribution in [0.25, 0.3) is 0 Å². The second-order valence-electron chi connectivity index (χ2n) is 22.9. The van der Waals surface area contributed by atoms with E-state index in [0.29, 0.717) is 23.9 Å². The third-order valence-corrected chi connectivity index (χ3v) is 15.0. The first-order valence-corrected chi connectivity index (χ1v) is 33.9. The van der Waals surface area contributed by atoms with Crippen LogP contribution >= 0.6 is 7.82 Å². The SMILES string of the molecule is CCCCC/C=C\C/C=C\C/C=C\C/C=C\CCCCCCCCCC(=O)OC(/C=C\CCCCCCCCCCCCC)C(COP(=O)([O-])OCC[N+](C)(C)C)NC(=O)CCCCC/C=C/C=C/CCCCCCCCC. The zero-order chi connectivity index (χ0) is 57.2. The second kappa shape index (κ2) is 57.4. The number of allylic oxidation sites excluding steroid dienone is 13. The number of phosphoric acid groups is 1. The van der Waals surface area contributed by atoms with Crippen LogP contribution in [0.2, 0.25) is 0 Å². The van der Waals surface area contributed by atoms with E-state index in [1.165, 1.54) is 148 Å². The standard InChI is InChI=1S/C68H123N2O7P/c1-7-10-13-16-19-22-25-28-30-32-33-34-35-36-37-38-40-43-46-49-52-55-58-61-68(72)77-66(59-56-53-50-47-44-41-27-24-21-18-15-12-9-3)65(64-76-78(73,74)75-63-62-70(4,5)6)69-67(71)60-57-54-51-48-45-42-39-31-29-26-23-20-17-14-11-8-2/h19,22,28,30-31,33-34,36-37,39,42,45,56,59,65-66H,7-18,20-21,23-27,29,32,35,38,40-41,43-44,46-55,57-58,60-64H2,1-6H3,(H-,69,71,73,74)/b22-19-,30-28-,34-33-,37-36-,39-31+,45-42+,59-56-. The Kier molecular flexibility index (Phi) is 55.4. The maximum atomic E-state index is 13.5. The summed E-state index contributed by atoms with van der Waals surface area (Å²) in [5.41, 5.74) is 0. The number of quaternary nitrogens is 1. The van der Waals surface area contributed by atoms with Crippen molar-refractivity contribution in [2.45, 2.75) is 296 Å². The van der Waals surface area contributed by atoms with E-state index in [1.807, 2.05) is 33.3 Å². The lowest BCUT2D eigenvalue weighted by atomic mass is 10.0. The molecule has 0 heterocycles. The van der Waals surface area contributed by atoms with Crippen LogP contribution in [0.3, 0.4) is 0 Å². The molecule has 0 aliphatic carbocycles. The highest BCUT2D eigenvalue weighted by molar-refractivity contribution is 7.45. The first-order chi connectivity index (χ1) is 37.9. The number of rotatable bonds is 58. The molecular formula is C68H123N2O7P. The third-order valence-electron chi connectivity index (χ3n) is 14.1. The van der Waals surface area contributed by atoms with E-state index in [4.69, 9.17) is 13.8 Å². The molecule has 0 saturated heterocycles. The summed E-state index contributed by atoms with van der Waals surface area (Å²) in [7, 11) is 1.16. The van der Waals surface area contributed by atoms with E-state index >= 15 is 0 Å². The van der Waals surface area contributed by atoms with Crippen molar-refractivity contribution in [3.05, 3.63) is 85.1 Å². The molecule has 452 valence electrons. The predicted octanol–water partition coefficient (Wildman–Crippen LogP) is 19.5. The lowest BCUT2D eigenvalue weighted by Crippen LogP contribution is -2.47. The van der Waals surface area contributed by atoms with Crippen molar-refractivity contribution < 1.29 is 37.3 Å². The normalized spacial score (nSPS) is 14.2. The van der Waals surface area contributed by atoms with Gasteiger partial charge in [-0.3, -0.25) is 14.2 Å². The van der Waals surface area contributed by atoms with E-state index in [9.17, 15) is 19.0 Å². The Balaban J connectivity index is 5.29. The fraction of sp³-hybridized carbons (Fsp3) is 0.765. The highest BCUT2D eigenvalue weighted by Crippen LogP contribution is 2.38. The number of carbonyl (C=O) groups is 2. The van der Waals surface area contributed by atoms with E-state index in [2.05, 4.69) is 99.0 Å². The largest absolute Gasteiger partial charge is 0.756 e. The van der Waals surface area contributed by atoms with E-state index in [-0.39, 0.29) is 31.3 Å². The molecule has 0 radical (unpaired) electrons. The Morgan fingerprint density at radius 2 is 0.821 bits per heavy atom. The van der Waals surface area contributed by atoms with Gasteiger partial charge in [-0.15, -0.1) is 0 Å². The van der Waals surface area contributed by atoms with Gasteiger partial charge in [0.05, 0.1) is 33.8 Å². The average Bonchev–Trinajstić information content (AvgIpc) is 3.40. The van der Waals surface area contributed by atoms with Crippen LogP contribution < -0.4 is 10.2 Å². The molecule has 78 heavy (non-hydrogen) atoms. The predicted molar refractivity (Wildman–Crippen MR) is 335 cm³/mol. The van der Waals surface area contributed by atoms with Gasteiger partial charge < -0.3 is 28.5 Å². The van der Waals surface area contributed by atoms with Gasteiger partial charge in [0.25, 0.3) is 7.82 Å². The molecule has 0 saturated carbocycles. The smallest absolute Gasteiger partial charge is 0.306 e. The molecule has 3 atom stereocenters. The zero-order valence-corrected chi connectivity index (χ0v) is 52.5. The minimum absolute atomic E-state index is 0.0323. The van der Waals surface area contributed by atoms with Gasteiger partial charge >= 0.3 is 5.97 Å². The molecule has 9 nitrogen and oxygen atoms in total. The number of phosphoric ester groups is 1. The van der Waals surface area contributed by atoms with Crippen molar-refractivity contribution >= 4 is 19.7 Å². The quantitative estimate of drug-likeness (QED) is 0.0161. The molecular weight excluding hydrogens is 988 g/mol. The minimum Gasteiger partial charge on any atom is -0.756 e. The summed E-state index contributed by atoms with van der Waals surface area (Å²) in [5, 5.41) is 3.01. The number of ether oxygens (including phenoxy) is 1. The second-order valence-corrected chi connectivity index (χ2v) is 24.3. The summed E-state index contributed by atoms with van der Waals surface area (Å²) in [6, 6.07) is -0.911. The van der Waals surface area contributed by atoms with E-state index in [0.717, 1.165) is 89.9 Å². The average molecular weight is 1110 g/mol. The Morgan fingerprint density at radius 1 is 0.462 bits per heavy atom. The van der Waals surface area contributed by atoms with Crippen molar-refractivity contribution in [3.8, 4) is 0 Å². The monoisotopic (exact) mass is 1110 g/mol. The first kappa shape index (κ1) is 75.2. The zero-order valence-electron chi connectivity index (χ0n) is 51.6. The Morgan fingerprint density at radius 3 is 1.28 bits per heavy atom. The van der Waals surface area contributed by atoms with Crippen molar-refractivity contribution in [2.75, 3.05) is 40.9 Å². The molecule has 0 aromatic carbocycles. The van der Waals surface area contributed by atoms with Gasteiger partial charge in [-0.1, -0.05) is 254 Å². The van der Waals surface area contributed by atoms with Gasteiger partial charge in [-0.25, -0.2) is 0 Å². The molecule has 1 N–H and O–H groups in total. The summed E-state index contributed by atoms with van der Waals surface area (Å²) in [4.78, 5) is 40.0.